The number of halogens is 1. The Morgan fingerprint density at radius 1 is 1.33 bits per heavy atom. The number of hydrogen-bond acceptors (Lipinski definition) is 2. The number of rotatable bonds is 4. The van der Waals surface area contributed by atoms with Crippen LogP contribution in [0.15, 0.2) is 24.3 Å². The van der Waals surface area contributed by atoms with Gasteiger partial charge in [-0.2, -0.15) is 0 Å². The molecule has 0 saturated heterocycles. The van der Waals surface area contributed by atoms with E-state index in [1.54, 1.807) is 6.07 Å². The average molecular weight is 250 g/mol. The second-order valence-electron chi connectivity index (χ2n) is 4.85. The third-order valence-corrected chi connectivity index (χ3v) is 3.51. The summed E-state index contributed by atoms with van der Waals surface area (Å²) in [6.07, 6.45) is 2.26. The fourth-order valence-corrected chi connectivity index (χ4v) is 2.53. The standard InChI is InChI=1S/C14H15FO3/c15-12-3-1-2-10(8-12)13(16)7-9-4-5-11(6-9)14(17)18/h1-3,8-9,11H,4-7H2,(H,17,18). The molecule has 1 aromatic carbocycles. The number of carbonyl (C=O) groups is 2. The number of benzene rings is 1. The van der Waals surface area contributed by atoms with Gasteiger partial charge in [0.15, 0.2) is 5.78 Å². The first-order valence-corrected chi connectivity index (χ1v) is 6.08. The van der Waals surface area contributed by atoms with E-state index in [1.807, 2.05) is 0 Å². The van der Waals surface area contributed by atoms with Gasteiger partial charge in [-0.3, -0.25) is 9.59 Å². The molecular weight excluding hydrogens is 235 g/mol. The Hall–Kier alpha value is -1.71. The molecule has 1 N–H and O–H groups in total. The molecule has 96 valence electrons. The van der Waals surface area contributed by atoms with Gasteiger partial charge in [-0.15, -0.1) is 0 Å². The van der Waals surface area contributed by atoms with E-state index in [2.05, 4.69) is 0 Å². The molecule has 0 amide bonds. The summed E-state index contributed by atoms with van der Waals surface area (Å²) >= 11 is 0. The summed E-state index contributed by atoms with van der Waals surface area (Å²) in [6, 6.07) is 5.63. The molecule has 1 saturated carbocycles. The number of carboxylic acid groups (broad SMARTS) is 1. The van der Waals surface area contributed by atoms with Gasteiger partial charge in [-0.1, -0.05) is 12.1 Å². The second kappa shape index (κ2) is 5.29. The lowest BCUT2D eigenvalue weighted by Gasteiger charge is -2.08. The van der Waals surface area contributed by atoms with Crippen molar-refractivity contribution >= 4 is 11.8 Å². The van der Waals surface area contributed by atoms with Gasteiger partial charge in [-0.05, 0) is 37.3 Å². The van der Waals surface area contributed by atoms with Crippen molar-refractivity contribution in [2.75, 3.05) is 0 Å². The van der Waals surface area contributed by atoms with Crippen molar-refractivity contribution in [3.05, 3.63) is 35.6 Å². The van der Waals surface area contributed by atoms with Crippen LogP contribution in [-0.4, -0.2) is 16.9 Å². The van der Waals surface area contributed by atoms with Crippen LogP contribution in [0.1, 0.15) is 36.0 Å². The molecule has 0 radical (unpaired) electrons. The van der Waals surface area contributed by atoms with Gasteiger partial charge in [0.2, 0.25) is 0 Å². The van der Waals surface area contributed by atoms with Crippen LogP contribution in [0.4, 0.5) is 4.39 Å². The molecule has 0 heterocycles. The van der Waals surface area contributed by atoms with E-state index in [1.165, 1.54) is 18.2 Å². The van der Waals surface area contributed by atoms with Crippen molar-refractivity contribution in [2.45, 2.75) is 25.7 Å². The van der Waals surface area contributed by atoms with Crippen molar-refractivity contribution < 1.29 is 19.1 Å². The highest BCUT2D eigenvalue weighted by Gasteiger charge is 2.30. The van der Waals surface area contributed by atoms with E-state index in [-0.39, 0.29) is 17.6 Å². The highest BCUT2D eigenvalue weighted by molar-refractivity contribution is 5.96. The molecule has 2 atom stereocenters. The van der Waals surface area contributed by atoms with Crippen LogP contribution in [0.5, 0.6) is 0 Å². The normalized spacial score (nSPS) is 22.9. The van der Waals surface area contributed by atoms with Crippen LogP contribution in [-0.2, 0) is 4.79 Å². The number of hydrogen-bond donors (Lipinski definition) is 1. The maximum absolute atomic E-state index is 13.0. The van der Waals surface area contributed by atoms with Crippen LogP contribution >= 0.6 is 0 Å². The molecule has 18 heavy (non-hydrogen) atoms. The molecular formula is C14H15FO3. The summed E-state index contributed by atoms with van der Waals surface area (Å²) in [7, 11) is 0. The van der Waals surface area contributed by atoms with Gasteiger partial charge < -0.3 is 5.11 Å². The fourth-order valence-electron chi connectivity index (χ4n) is 2.53. The van der Waals surface area contributed by atoms with Crippen molar-refractivity contribution in [2.24, 2.45) is 11.8 Å². The quantitative estimate of drug-likeness (QED) is 0.836. The number of carbonyl (C=O) groups excluding carboxylic acids is 1. The predicted octanol–water partition coefficient (Wildman–Crippen LogP) is 2.90. The first-order chi connectivity index (χ1) is 8.56. The first-order valence-electron chi connectivity index (χ1n) is 6.08. The van der Waals surface area contributed by atoms with Crippen molar-refractivity contribution in [1.82, 2.24) is 0 Å². The van der Waals surface area contributed by atoms with Crippen molar-refractivity contribution in [3.8, 4) is 0 Å². The van der Waals surface area contributed by atoms with Gasteiger partial charge in [0.05, 0.1) is 5.92 Å². The molecule has 1 aliphatic carbocycles. The third-order valence-electron chi connectivity index (χ3n) is 3.51. The Balaban J connectivity index is 1.95. The SMILES string of the molecule is O=C(CC1CCC(C(=O)O)C1)c1cccc(F)c1. The third kappa shape index (κ3) is 2.94. The Labute approximate surface area is 105 Å². The van der Waals surface area contributed by atoms with E-state index in [0.29, 0.717) is 24.8 Å². The van der Waals surface area contributed by atoms with Crippen LogP contribution in [0.25, 0.3) is 0 Å². The molecule has 0 aromatic heterocycles. The highest BCUT2D eigenvalue weighted by Crippen LogP contribution is 2.33. The lowest BCUT2D eigenvalue weighted by atomic mass is 9.96. The predicted molar refractivity (Wildman–Crippen MR) is 63.8 cm³/mol. The summed E-state index contributed by atoms with van der Waals surface area (Å²) in [5.41, 5.74) is 0.369. The van der Waals surface area contributed by atoms with Crippen molar-refractivity contribution in [3.63, 3.8) is 0 Å². The summed E-state index contributed by atoms with van der Waals surface area (Å²) in [5.74, 6) is -1.52. The molecule has 1 fully saturated rings. The van der Waals surface area contributed by atoms with E-state index in [0.717, 1.165) is 6.42 Å². The van der Waals surface area contributed by atoms with Gasteiger partial charge >= 0.3 is 5.97 Å². The van der Waals surface area contributed by atoms with Crippen molar-refractivity contribution in [1.29, 1.82) is 0 Å². The summed E-state index contributed by atoms with van der Waals surface area (Å²) in [6.45, 7) is 0. The zero-order valence-corrected chi connectivity index (χ0v) is 9.93. The Kier molecular flexibility index (Phi) is 3.75. The molecule has 3 nitrogen and oxygen atoms in total. The molecule has 2 unspecified atom stereocenters. The molecule has 2 rings (SSSR count). The molecule has 1 aromatic rings. The molecule has 4 heteroatoms. The second-order valence-corrected chi connectivity index (χ2v) is 4.85. The van der Waals surface area contributed by atoms with Gasteiger partial charge in [0, 0.05) is 12.0 Å². The van der Waals surface area contributed by atoms with E-state index in [4.69, 9.17) is 5.11 Å². The summed E-state index contributed by atoms with van der Waals surface area (Å²) in [5, 5.41) is 8.88. The molecule has 0 aliphatic heterocycles. The number of Topliss-reactive ketones (excluding diaryl/α,β-unsaturated/α-hetero) is 1. The molecule has 0 bridgehead atoms. The van der Waals surface area contributed by atoms with Crippen LogP contribution in [0.2, 0.25) is 0 Å². The highest BCUT2D eigenvalue weighted by atomic mass is 19.1. The number of aliphatic carboxylic acids is 1. The van der Waals surface area contributed by atoms with Crippen LogP contribution in [0, 0.1) is 17.7 Å². The van der Waals surface area contributed by atoms with Gasteiger partial charge in [-0.25, -0.2) is 4.39 Å². The van der Waals surface area contributed by atoms with Gasteiger partial charge in [0.1, 0.15) is 5.82 Å². The number of ketones is 1. The lowest BCUT2D eigenvalue weighted by Crippen LogP contribution is -2.11. The average Bonchev–Trinajstić information content (AvgIpc) is 2.77. The smallest absolute Gasteiger partial charge is 0.306 e. The van der Waals surface area contributed by atoms with Crippen LogP contribution in [0.3, 0.4) is 0 Å². The van der Waals surface area contributed by atoms with Gasteiger partial charge in [0.25, 0.3) is 0 Å². The maximum Gasteiger partial charge on any atom is 0.306 e. The van der Waals surface area contributed by atoms with E-state index >= 15 is 0 Å². The zero-order chi connectivity index (χ0) is 13.1. The van der Waals surface area contributed by atoms with E-state index in [9.17, 15) is 14.0 Å². The molecule has 0 spiro atoms. The fraction of sp³-hybridized carbons (Fsp3) is 0.429. The zero-order valence-electron chi connectivity index (χ0n) is 9.93. The number of carboxylic acids is 1. The Bertz CT molecular complexity index is 470. The molecule has 1 aliphatic rings. The topological polar surface area (TPSA) is 54.4 Å². The first kappa shape index (κ1) is 12.7. The van der Waals surface area contributed by atoms with E-state index < -0.39 is 11.8 Å². The van der Waals surface area contributed by atoms with Crippen LogP contribution < -0.4 is 0 Å². The minimum Gasteiger partial charge on any atom is -0.481 e. The Morgan fingerprint density at radius 3 is 2.72 bits per heavy atom. The summed E-state index contributed by atoms with van der Waals surface area (Å²) < 4.78 is 13.0. The minimum absolute atomic E-state index is 0.106. The maximum atomic E-state index is 13.0. The Morgan fingerprint density at radius 2 is 2.11 bits per heavy atom. The lowest BCUT2D eigenvalue weighted by molar-refractivity contribution is -0.141. The monoisotopic (exact) mass is 250 g/mol. The minimum atomic E-state index is -0.782. The summed E-state index contributed by atoms with van der Waals surface area (Å²) in [4.78, 5) is 22.7. The largest absolute Gasteiger partial charge is 0.481 e.